The minimum Gasteiger partial charge on any atom is -0.390 e. The number of nitrogens with zero attached hydrogens (tertiary/aromatic N) is 1. The Morgan fingerprint density at radius 1 is 1.62 bits per heavy atom. The molecule has 6 nitrogen and oxygen atoms in total. The summed E-state index contributed by atoms with van der Waals surface area (Å²) in [6, 6.07) is 0. The molecule has 1 saturated heterocycles. The van der Waals surface area contributed by atoms with Crippen molar-refractivity contribution in [1.29, 1.82) is 0 Å². The van der Waals surface area contributed by atoms with Crippen molar-refractivity contribution in [3.8, 4) is 0 Å². The van der Waals surface area contributed by atoms with Gasteiger partial charge in [-0.15, -0.1) is 0 Å². The zero-order chi connectivity index (χ0) is 9.90. The molecular weight excluding hydrogens is 194 g/mol. The van der Waals surface area contributed by atoms with Crippen LogP contribution in [0.5, 0.6) is 0 Å². The fraction of sp³-hybridized carbons (Fsp3) is 1.00. The predicted molar refractivity (Wildman–Crippen MR) is 48.2 cm³/mol. The van der Waals surface area contributed by atoms with Crippen molar-refractivity contribution >= 4 is 10.2 Å². The maximum absolute atomic E-state index is 11.3. The molecule has 0 aliphatic carbocycles. The second-order valence-electron chi connectivity index (χ2n) is 3.00. The lowest BCUT2D eigenvalue weighted by atomic mass is 10.3. The molecule has 0 spiro atoms. The normalized spacial score (nSPS) is 25.7. The molecule has 0 aromatic carbocycles. The highest BCUT2D eigenvalue weighted by Crippen LogP contribution is 2.05. The minimum atomic E-state index is -3.36. The van der Waals surface area contributed by atoms with Gasteiger partial charge in [-0.1, -0.05) is 0 Å². The Labute approximate surface area is 77.9 Å². The van der Waals surface area contributed by atoms with Crippen LogP contribution in [0.25, 0.3) is 0 Å². The van der Waals surface area contributed by atoms with E-state index in [1.807, 2.05) is 0 Å². The predicted octanol–water partition coefficient (Wildman–Crippen LogP) is -2.15. The van der Waals surface area contributed by atoms with E-state index in [1.165, 1.54) is 4.31 Å². The molecule has 1 fully saturated rings. The van der Waals surface area contributed by atoms with Crippen molar-refractivity contribution in [2.24, 2.45) is 5.73 Å². The van der Waals surface area contributed by atoms with Gasteiger partial charge in [0.1, 0.15) is 0 Å². The van der Waals surface area contributed by atoms with E-state index in [4.69, 9.17) is 5.73 Å². The number of hydrogen-bond donors (Lipinski definition) is 3. The number of aliphatic hydroxyl groups is 1. The topological polar surface area (TPSA) is 95.7 Å². The van der Waals surface area contributed by atoms with Crippen LogP contribution in [0.15, 0.2) is 0 Å². The van der Waals surface area contributed by atoms with Gasteiger partial charge in [0.15, 0.2) is 0 Å². The Kier molecular flexibility index (Phi) is 3.63. The second kappa shape index (κ2) is 4.34. The summed E-state index contributed by atoms with van der Waals surface area (Å²) in [5.41, 5.74) is 5.19. The average molecular weight is 209 g/mol. The molecule has 1 atom stereocenters. The number of aliphatic hydroxyl groups excluding tert-OH is 1. The van der Waals surface area contributed by atoms with Crippen LogP contribution >= 0.6 is 0 Å². The number of nitrogens with two attached hydrogens (primary N) is 1. The lowest BCUT2D eigenvalue weighted by Gasteiger charge is -2.27. The van der Waals surface area contributed by atoms with Crippen molar-refractivity contribution in [3.63, 3.8) is 0 Å². The molecule has 7 heteroatoms. The third-order valence-electron chi connectivity index (χ3n) is 1.90. The van der Waals surface area contributed by atoms with E-state index in [0.29, 0.717) is 13.1 Å². The summed E-state index contributed by atoms with van der Waals surface area (Å²) in [4.78, 5) is 0. The molecule has 13 heavy (non-hydrogen) atoms. The molecule has 78 valence electrons. The van der Waals surface area contributed by atoms with Crippen molar-refractivity contribution < 1.29 is 13.5 Å². The first-order valence-corrected chi connectivity index (χ1v) is 5.63. The molecule has 0 saturated carbocycles. The van der Waals surface area contributed by atoms with Crippen molar-refractivity contribution in [2.45, 2.75) is 12.5 Å². The van der Waals surface area contributed by atoms with Gasteiger partial charge in [-0.2, -0.15) is 12.7 Å². The Morgan fingerprint density at radius 2 is 2.31 bits per heavy atom. The van der Waals surface area contributed by atoms with E-state index < -0.39 is 16.3 Å². The van der Waals surface area contributed by atoms with Gasteiger partial charge in [-0.05, 0) is 6.42 Å². The van der Waals surface area contributed by atoms with Crippen molar-refractivity contribution in [3.05, 3.63) is 0 Å². The Morgan fingerprint density at radius 3 is 2.85 bits per heavy atom. The number of rotatable bonds is 3. The molecule has 0 aromatic rings. The van der Waals surface area contributed by atoms with Gasteiger partial charge in [0, 0.05) is 26.2 Å². The fourth-order valence-electron chi connectivity index (χ4n) is 1.17. The zero-order valence-electron chi connectivity index (χ0n) is 7.31. The Balaban J connectivity index is 2.56. The summed E-state index contributed by atoms with van der Waals surface area (Å²) >= 11 is 0. The van der Waals surface area contributed by atoms with Gasteiger partial charge in [-0.3, -0.25) is 0 Å². The van der Waals surface area contributed by atoms with E-state index in [-0.39, 0.29) is 13.1 Å². The Hall–Kier alpha value is -0.210. The molecule has 1 rings (SSSR count). The SMILES string of the molecule is NCC(O)CN1CCCNS1(=O)=O. The molecule has 1 heterocycles. The van der Waals surface area contributed by atoms with Gasteiger partial charge in [-0.25, -0.2) is 4.72 Å². The van der Waals surface area contributed by atoms with Crippen molar-refractivity contribution in [2.75, 3.05) is 26.2 Å². The van der Waals surface area contributed by atoms with Crippen LogP contribution < -0.4 is 10.5 Å². The maximum Gasteiger partial charge on any atom is 0.279 e. The van der Waals surface area contributed by atoms with Gasteiger partial charge >= 0.3 is 0 Å². The van der Waals surface area contributed by atoms with Gasteiger partial charge in [0.05, 0.1) is 6.10 Å². The zero-order valence-corrected chi connectivity index (χ0v) is 8.13. The highest BCUT2D eigenvalue weighted by atomic mass is 32.2. The van der Waals surface area contributed by atoms with Crippen LogP contribution in [-0.4, -0.2) is 50.1 Å². The summed E-state index contributed by atoms with van der Waals surface area (Å²) in [5.74, 6) is 0. The van der Waals surface area contributed by atoms with Crippen LogP contribution in [0.2, 0.25) is 0 Å². The lowest BCUT2D eigenvalue weighted by Crippen LogP contribution is -2.50. The standard InChI is InChI=1S/C6H15N3O3S/c7-4-6(10)5-9-3-1-2-8-13(9,11)12/h6,8,10H,1-5,7H2. The molecule has 1 aliphatic heterocycles. The molecular formula is C6H15N3O3S. The molecule has 0 aromatic heterocycles. The highest BCUT2D eigenvalue weighted by molar-refractivity contribution is 7.87. The first-order chi connectivity index (χ1) is 6.06. The van der Waals surface area contributed by atoms with Crippen molar-refractivity contribution in [1.82, 2.24) is 9.03 Å². The highest BCUT2D eigenvalue weighted by Gasteiger charge is 2.26. The maximum atomic E-state index is 11.3. The Bertz CT molecular complexity index is 254. The largest absolute Gasteiger partial charge is 0.390 e. The molecule has 4 N–H and O–H groups in total. The van der Waals surface area contributed by atoms with E-state index in [1.54, 1.807) is 0 Å². The molecule has 0 amide bonds. The number of hydrogen-bond acceptors (Lipinski definition) is 4. The van der Waals surface area contributed by atoms with Crippen LogP contribution in [0.1, 0.15) is 6.42 Å². The van der Waals surface area contributed by atoms with E-state index in [2.05, 4.69) is 4.72 Å². The van der Waals surface area contributed by atoms with E-state index in [9.17, 15) is 13.5 Å². The first kappa shape index (κ1) is 10.9. The van der Waals surface area contributed by atoms with Gasteiger partial charge in [0.2, 0.25) is 0 Å². The fourth-order valence-corrected chi connectivity index (χ4v) is 2.49. The second-order valence-corrected chi connectivity index (χ2v) is 4.76. The van der Waals surface area contributed by atoms with Crippen LogP contribution in [0.3, 0.4) is 0 Å². The van der Waals surface area contributed by atoms with E-state index >= 15 is 0 Å². The molecule has 0 bridgehead atoms. The molecule has 0 radical (unpaired) electrons. The first-order valence-electron chi connectivity index (χ1n) is 4.19. The average Bonchev–Trinajstić information content (AvgIpc) is 2.08. The molecule has 1 aliphatic rings. The number of β-amino-alcohol motifs (C(OH)–C–C–N with tert-alkyl or cyclic N) is 1. The van der Waals surface area contributed by atoms with Gasteiger partial charge in [0.25, 0.3) is 10.2 Å². The van der Waals surface area contributed by atoms with Crippen LogP contribution in [-0.2, 0) is 10.2 Å². The lowest BCUT2D eigenvalue weighted by molar-refractivity contribution is 0.150. The minimum absolute atomic E-state index is 0.0752. The summed E-state index contributed by atoms with van der Waals surface area (Å²) in [6.45, 7) is 1.07. The third kappa shape index (κ3) is 2.89. The van der Waals surface area contributed by atoms with Crippen LogP contribution in [0, 0.1) is 0 Å². The quantitative estimate of drug-likeness (QED) is 0.493. The summed E-state index contributed by atoms with van der Waals surface area (Å²) in [6.07, 6.45) is -0.0223. The third-order valence-corrected chi connectivity index (χ3v) is 3.48. The summed E-state index contributed by atoms with van der Waals surface area (Å²) in [5, 5.41) is 9.18. The number of nitrogens with one attached hydrogen (secondary N) is 1. The molecule has 1 unspecified atom stereocenters. The summed E-state index contributed by atoms with van der Waals surface area (Å²) in [7, 11) is -3.36. The van der Waals surface area contributed by atoms with Crippen LogP contribution in [0.4, 0.5) is 0 Å². The van der Waals surface area contributed by atoms with Gasteiger partial charge < -0.3 is 10.8 Å². The van der Waals surface area contributed by atoms with E-state index in [0.717, 1.165) is 6.42 Å². The summed E-state index contributed by atoms with van der Waals surface area (Å²) < 4.78 is 26.2. The smallest absolute Gasteiger partial charge is 0.279 e. The monoisotopic (exact) mass is 209 g/mol.